The van der Waals surface area contributed by atoms with Crippen molar-refractivity contribution < 1.29 is 4.42 Å². The van der Waals surface area contributed by atoms with Gasteiger partial charge in [0.05, 0.1) is 10.4 Å². The van der Waals surface area contributed by atoms with Crippen LogP contribution in [0.15, 0.2) is 45.4 Å². The molecule has 0 spiro atoms. The Morgan fingerprint density at radius 1 is 1.20 bits per heavy atom. The number of hydrogen-bond donors (Lipinski definition) is 0. The minimum Gasteiger partial charge on any atom is -0.410 e. The van der Waals surface area contributed by atoms with Gasteiger partial charge in [0.25, 0.3) is 11.1 Å². The highest BCUT2D eigenvalue weighted by molar-refractivity contribution is 7.98. The Kier molecular flexibility index (Phi) is 4.50. The summed E-state index contributed by atoms with van der Waals surface area (Å²) in [6.07, 6.45) is 0. The van der Waals surface area contributed by atoms with Gasteiger partial charge in [0.15, 0.2) is 0 Å². The first-order valence-corrected chi connectivity index (χ1v) is 9.91. The second-order valence-corrected chi connectivity index (χ2v) is 7.89. The van der Waals surface area contributed by atoms with E-state index in [1.54, 1.807) is 11.3 Å². The second kappa shape index (κ2) is 6.78. The van der Waals surface area contributed by atoms with Gasteiger partial charge in [-0.15, -0.1) is 21.5 Å². The van der Waals surface area contributed by atoms with Crippen LogP contribution in [-0.4, -0.2) is 15.2 Å². The maximum absolute atomic E-state index is 6.39. The van der Waals surface area contributed by atoms with Crippen LogP contribution >= 0.6 is 34.7 Å². The van der Waals surface area contributed by atoms with Crippen molar-refractivity contribution in [3.63, 3.8) is 0 Å². The van der Waals surface area contributed by atoms with Crippen molar-refractivity contribution in [3.05, 3.63) is 57.6 Å². The quantitative estimate of drug-likeness (QED) is 0.322. The van der Waals surface area contributed by atoms with Gasteiger partial charge in [-0.25, -0.2) is 4.98 Å². The van der Waals surface area contributed by atoms with E-state index < -0.39 is 0 Å². The van der Waals surface area contributed by atoms with Gasteiger partial charge in [-0.3, -0.25) is 0 Å². The van der Waals surface area contributed by atoms with Gasteiger partial charge in [0.2, 0.25) is 0 Å². The first kappa shape index (κ1) is 16.6. The summed E-state index contributed by atoms with van der Waals surface area (Å²) in [5.74, 6) is 1.17. The molecule has 3 aromatic heterocycles. The zero-order valence-electron chi connectivity index (χ0n) is 13.6. The van der Waals surface area contributed by atoms with Gasteiger partial charge >= 0.3 is 0 Å². The normalized spacial score (nSPS) is 11.3. The monoisotopic (exact) mass is 387 g/mol. The van der Waals surface area contributed by atoms with Gasteiger partial charge in [0, 0.05) is 16.7 Å². The van der Waals surface area contributed by atoms with Gasteiger partial charge < -0.3 is 4.42 Å². The number of aryl methyl sites for hydroxylation is 2. The van der Waals surface area contributed by atoms with E-state index in [1.807, 2.05) is 17.5 Å². The SMILES string of the molecule is Cc1ccc2cc(CSc3nnc(-c4cccs4)o3)c(Cl)nc2c1C. The molecule has 25 heavy (non-hydrogen) atoms. The van der Waals surface area contributed by atoms with Crippen molar-refractivity contribution in [1.29, 1.82) is 0 Å². The number of aromatic nitrogens is 3. The van der Waals surface area contributed by atoms with Crippen LogP contribution in [0.4, 0.5) is 0 Å². The van der Waals surface area contributed by atoms with Crippen LogP contribution in [-0.2, 0) is 5.75 Å². The fourth-order valence-electron chi connectivity index (χ4n) is 2.51. The molecule has 0 N–H and O–H groups in total. The molecule has 0 aliphatic carbocycles. The number of benzene rings is 1. The lowest BCUT2D eigenvalue weighted by atomic mass is 10.0. The van der Waals surface area contributed by atoms with Crippen molar-refractivity contribution >= 4 is 45.6 Å². The van der Waals surface area contributed by atoms with E-state index in [9.17, 15) is 0 Å². The minimum atomic E-state index is 0.520. The number of halogens is 1. The molecule has 4 aromatic rings. The molecule has 0 saturated carbocycles. The summed E-state index contributed by atoms with van der Waals surface area (Å²) in [6, 6.07) is 10.2. The molecule has 1 aromatic carbocycles. The lowest BCUT2D eigenvalue weighted by Crippen LogP contribution is -1.92. The maximum Gasteiger partial charge on any atom is 0.277 e. The summed E-state index contributed by atoms with van der Waals surface area (Å²) in [5, 5.41) is 12.3. The Morgan fingerprint density at radius 3 is 2.88 bits per heavy atom. The second-order valence-electron chi connectivity index (χ2n) is 5.66. The highest BCUT2D eigenvalue weighted by Crippen LogP contribution is 2.31. The van der Waals surface area contributed by atoms with Crippen molar-refractivity contribution in [1.82, 2.24) is 15.2 Å². The number of nitrogens with zero attached hydrogens (tertiary/aromatic N) is 3. The minimum absolute atomic E-state index is 0.520. The van der Waals surface area contributed by atoms with E-state index >= 15 is 0 Å². The van der Waals surface area contributed by atoms with Crippen molar-refractivity contribution in [2.75, 3.05) is 0 Å². The number of rotatable bonds is 4. The highest BCUT2D eigenvalue weighted by atomic mass is 35.5. The molecular formula is C18H14ClN3OS2. The highest BCUT2D eigenvalue weighted by Gasteiger charge is 2.13. The fraction of sp³-hybridized carbons (Fsp3) is 0.167. The van der Waals surface area contributed by atoms with Crippen LogP contribution in [0.2, 0.25) is 5.15 Å². The molecule has 0 radical (unpaired) electrons. The summed E-state index contributed by atoms with van der Waals surface area (Å²) in [4.78, 5) is 5.55. The molecule has 7 heteroatoms. The number of thiophene rings is 1. The van der Waals surface area contributed by atoms with Crippen LogP contribution in [0.5, 0.6) is 0 Å². The fourth-order valence-corrected chi connectivity index (χ4v) is 4.18. The van der Waals surface area contributed by atoms with Crippen LogP contribution < -0.4 is 0 Å². The third kappa shape index (κ3) is 3.29. The van der Waals surface area contributed by atoms with E-state index in [0.29, 0.717) is 22.0 Å². The summed E-state index contributed by atoms with van der Waals surface area (Å²) in [6.45, 7) is 4.15. The van der Waals surface area contributed by atoms with Crippen molar-refractivity contribution in [3.8, 4) is 10.8 Å². The number of thioether (sulfide) groups is 1. The third-order valence-electron chi connectivity index (χ3n) is 4.03. The molecule has 0 unspecified atom stereocenters. The maximum atomic E-state index is 6.39. The topological polar surface area (TPSA) is 51.8 Å². The van der Waals surface area contributed by atoms with Crippen LogP contribution in [0.3, 0.4) is 0 Å². The molecule has 0 aliphatic rings. The number of fused-ring (bicyclic) bond motifs is 1. The Labute approximate surface area is 158 Å². The Hall–Kier alpha value is -1.89. The van der Waals surface area contributed by atoms with E-state index in [1.165, 1.54) is 17.3 Å². The summed E-state index contributed by atoms with van der Waals surface area (Å²) in [5.41, 5.74) is 4.29. The van der Waals surface area contributed by atoms with Crippen molar-refractivity contribution in [2.45, 2.75) is 24.8 Å². The Morgan fingerprint density at radius 2 is 2.08 bits per heavy atom. The zero-order valence-corrected chi connectivity index (χ0v) is 16.0. The lowest BCUT2D eigenvalue weighted by Gasteiger charge is -2.08. The van der Waals surface area contributed by atoms with Crippen LogP contribution in [0.1, 0.15) is 16.7 Å². The molecule has 4 rings (SSSR count). The zero-order chi connectivity index (χ0) is 17.4. The molecule has 0 fully saturated rings. The smallest absolute Gasteiger partial charge is 0.277 e. The summed E-state index contributed by atoms with van der Waals surface area (Å²) < 4.78 is 5.70. The summed E-state index contributed by atoms with van der Waals surface area (Å²) >= 11 is 9.43. The predicted octanol–water partition coefficient (Wildman–Crippen LogP) is 5.91. The first-order valence-electron chi connectivity index (χ1n) is 7.67. The molecule has 126 valence electrons. The van der Waals surface area contributed by atoms with E-state index in [4.69, 9.17) is 16.0 Å². The average Bonchev–Trinajstić information content (AvgIpc) is 3.28. The van der Waals surface area contributed by atoms with Gasteiger partial charge in [-0.2, -0.15) is 0 Å². The standard InChI is InChI=1S/C18H14ClN3OS2/c1-10-5-6-12-8-13(16(19)20-15(12)11(10)2)9-25-18-22-21-17(23-18)14-4-3-7-24-14/h3-8H,9H2,1-2H3. The van der Waals surface area contributed by atoms with Crippen molar-refractivity contribution in [2.24, 2.45) is 0 Å². The largest absolute Gasteiger partial charge is 0.410 e. The molecule has 4 nitrogen and oxygen atoms in total. The number of pyridine rings is 1. The Bertz CT molecular complexity index is 1040. The molecule has 0 bridgehead atoms. The lowest BCUT2D eigenvalue weighted by molar-refractivity contribution is 0.466. The van der Waals surface area contributed by atoms with E-state index in [-0.39, 0.29) is 0 Å². The average molecular weight is 388 g/mol. The molecule has 0 saturated heterocycles. The summed E-state index contributed by atoms with van der Waals surface area (Å²) in [7, 11) is 0. The Balaban J connectivity index is 1.57. The first-order chi connectivity index (χ1) is 12.1. The number of hydrogen-bond acceptors (Lipinski definition) is 6. The van der Waals surface area contributed by atoms with E-state index in [2.05, 4.69) is 47.2 Å². The van der Waals surface area contributed by atoms with E-state index in [0.717, 1.165) is 26.9 Å². The molecule has 0 atom stereocenters. The van der Waals surface area contributed by atoms with Crippen LogP contribution in [0, 0.1) is 13.8 Å². The molecule has 3 heterocycles. The van der Waals surface area contributed by atoms with Gasteiger partial charge in [-0.1, -0.05) is 41.6 Å². The van der Waals surface area contributed by atoms with Gasteiger partial charge in [-0.05, 0) is 42.5 Å². The molecular weight excluding hydrogens is 374 g/mol. The predicted molar refractivity (Wildman–Crippen MR) is 103 cm³/mol. The van der Waals surface area contributed by atoms with Crippen LogP contribution in [0.25, 0.3) is 21.7 Å². The molecule has 0 aliphatic heterocycles. The molecule has 0 amide bonds. The third-order valence-corrected chi connectivity index (χ3v) is 6.08. The van der Waals surface area contributed by atoms with Gasteiger partial charge in [0.1, 0.15) is 5.15 Å².